The first-order valence-electron chi connectivity index (χ1n) is 14.5. The van der Waals surface area contributed by atoms with Crippen LogP contribution in [-0.2, 0) is 26.6 Å². The summed E-state index contributed by atoms with van der Waals surface area (Å²) in [5.74, 6) is 0.331. The molecule has 0 aromatic heterocycles. The summed E-state index contributed by atoms with van der Waals surface area (Å²) < 4.78 is 93.0. The molecule has 0 N–H and O–H groups in total. The number of carbonyl (C=O) groups is 1. The second kappa shape index (κ2) is 10.3. The van der Waals surface area contributed by atoms with Crippen molar-refractivity contribution < 1.29 is 40.6 Å². The molecule has 5 aliphatic rings. The van der Waals surface area contributed by atoms with Gasteiger partial charge in [0.05, 0.1) is 35.3 Å². The fourth-order valence-electron chi connectivity index (χ4n) is 8.61. The number of nitrogens with zero attached hydrogens (tertiary/aromatic N) is 3. The van der Waals surface area contributed by atoms with Crippen molar-refractivity contribution in [3.8, 4) is 0 Å². The van der Waals surface area contributed by atoms with Crippen molar-refractivity contribution in [2.45, 2.75) is 87.6 Å². The van der Waals surface area contributed by atoms with E-state index in [-0.39, 0.29) is 49.1 Å². The average molecular weight is 590 g/mol. The topological polar surface area (TPSA) is 45.3 Å². The van der Waals surface area contributed by atoms with Crippen LogP contribution in [0.4, 0.5) is 32.0 Å². The molecular weight excluding hydrogens is 552 g/mol. The summed E-state index contributed by atoms with van der Waals surface area (Å²) in [5.41, 5.74) is -3.12. The zero-order chi connectivity index (χ0) is 29.3. The van der Waals surface area contributed by atoms with Gasteiger partial charge < -0.3 is 19.3 Å². The number of anilines is 1. The van der Waals surface area contributed by atoms with Gasteiger partial charge in [0.25, 0.3) is 0 Å². The van der Waals surface area contributed by atoms with Crippen LogP contribution in [0.2, 0.25) is 0 Å². The number of likely N-dealkylation sites (N-methyl/N-ethyl adjacent to an activating group) is 1. The maximum atomic E-state index is 14.3. The Bertz CT molecular complexity index is 1160. The molecule has 3 saturated heterocycles. The van der Waals surface area contributed by atoms with Crippen molar-refractivity contribution in [2.24, 2.45) is 11.3 Å². The summed E-state index contributed by atoms with van der Waals surface area (Å²) in [6.07, 6.45) is -3.85. The minimum atomic E-state index is -4.79. The highest BCUT2D eigenvalue weighted by molar-refractivity contribution is 5.85. The molecule has 2 saturated carbocycles. The van der Waals surface area contributed by atoms with Gasteiger partial charge in [-0.2, -0.15) is 26.3 Å². The number of hydrogen-bond donors (Lipinski definition) is 0. The highest BCUT2D eigenvalue weighted by Crippen LogP contribution is 2.57. The van der Waals surface area contributed by atoms with E-state index in [9.17, 15) is 31.1 Å². The van der Waals surface area contributed by atoms with Gasteiger partial charge in [0.2, 0.25) is 5.91 Å². The van der Waals surface area contributed by atoms with Crippen molar-refractivity contribution in [3.05, 3.63) is 29.3 Å². The minimum Gasteiger partial charge on any atom is -0.379 e. The number of piperazine rings is 1. The van der Waals surface area contributed by atoms with Gasteiger partial charge in [0, 0.05) is 50.6 Å². The van der Waals surface area contributed by atoms with E-state index >= 15 is 0 Å². The van der Waals surface area contributed by atoms with Gasteiger partial charge in [0.1, 0.15) is 0 Å². The zero-order valence-corrected chi connectivity index (χ0v) is 23.3. The molecule has 5 fully saturated rings. The molecule has 3 aliphatic heterocycles. The van der Waals surface area contributed by atoms with Gasteiger partial charge in [-0.25, -0.2) is 0 Å². The highest BCUT2D eigenvalue weighted by atomic mass is 19.4. The number of amides is 1. The molecule has 1 aromatic carbocycles. The number of methoxy groups -OCH3 is 1. The lowest BCUT2D eigenvalue weighted by atomic mass is 9.78. The van der Waals surface area contributed by atoms with Gasteiger partial charge >= 0.3 is 12.4 Å². The van der Waals surface area contributed by atoms with Gasteiger partial charge in [-0.15, -0.1) is 0 Å². The quantitative estimate of drug-likeness (QED) is 0.442. The smallest absolute Gasteiger partial charge is 0.379 e. The van der Waals surface area contributed by atoms with Crippen molar-refractivity contribution in [3.63, 3.8) is 0 Å². The van der Waals surface area contributed by atoms with E-state index in [4.69, 9.17) is 9.47 Å². The maximum absolute atomic E-state index is 14.3. The normalized spacial score (nSPS) is 35.5. The Kier molecular flexibility index (Phi) is 7.29. The van der Waals surface area contributed by atoms with E-state index in [1.165, 1.54) is 4.90 Å². The second-order valence-electron chi connectivity index (χ2n) is 12.6. The molecular formula is C29H37F6N3O3. The SMILES string of the molecule is CO[C@@H]1COCC[C@@H]1N(C)[C@@H]1C[C@H]2CCC[C@@]2(C(=O)N2C[C@H]3C[C@H]2CN3c2cc(C(F)(F)F)ccc2C(F)(F)F)C1. The monoisotopic (exact) mass is 589 g/mol. The van der Waals surface area contributed by atoms with Crippen LogP contribution in [0.1, 0.15) is 56.1 Å². The van der Waals surface area contributed by atoms with Gasteiger partial charge in [-0.3, -0.25) is 9.69 Å². The first kappa shape index (κ1) is 29.0. The first-order chi connectivity index (χ1) is 19.3. The molecule has 0 unspecified atom stereocenters. The van der Waals surface area contributed by atoms with Crippen LogP contribution in [0.3, 0.4) is 0 Å². The Balaban J connectivity index is 1.20. The van der Waals surface area contributed by atoms with Crippen molar-refractivity contribution >= 4 is 11.6 Å². The summed E-state index contributed by atoms with van der Waals surface area (Å²) in [4.78, 5) is 19.9. The third kappa shape index (κ3) is 4.91. The third-order valence-electron chi connectivity index (χ3n) is 10.7. The zero-order valence-electron chi connectivity index (χ0n) is 23.3. The Hall–Kier alpha value is -2.05. The predicted octanol–water partition coefficient (Wildman–Crippen LogP) is 5.20. The number of fused-ring (bicyclic) bond motifs is 3. The largest absolute Gasteiger partial charge is 0.418 e. The number of benzene rings is 1. The van der Waals surface area contributed by atoms with E-state index in [0.29, 0.717) is 37.8 Å². The Morgan fingerprint density at radius 3 is 2.51 bits per heavy atom. The predicted molar refractivity (Wildman–Crippen MR) is 138 cm³/mol. The third-order valence-corrected chi connectivity index (χ3v) is 10.7. The van der Waals surface area contributed by atoms with Crippen LogP contribution in [0.25, 0.3) is 0 Å². The fraction of sp³-hybridized carbons (Fsp3) is 0.759. The van der Waals surface area contributed by atoms with Crippen LogP contribution in [0, 0.1) is 11.3 Å². The molecule has 1 amide bonds. The standard InChI is InChI=1S/C29H37F6N3O3/c1-36(23-7-9-41-16-25(23)40-2)19-10-17-4-3-8-27(17,13-19)26(39)38-15-20-12-21(38)14-37(20)24-11-18(28(30,31)32)5-6-22(24)29(33,34)35/h5-6,11,17,19-21,23,25H,3-4,7-10,12-16H2,1-2H3/t17-,19-,20-,21+,23+,25-,27-/m1/s1. The molecule has 7 atom stereocenters. The molecule has 2 bridgehead atoms. The van der Waals surface area contributed by atoms with Crippen LogP contribution >= 0.6 is 0 Å². The van der Waals surface area contributed by atoms with Gasteiger partial charge in [-0.05, 0) is 69.7 Å². The first-order valence-corrected chi connectivity index (χ1v) is 14.5. The Morgan fingerprint density at radius 1 is 1.07 bits per heavy atom. The highest BCUT2D eigenvalue weighted by Gasteiger charge is 2.60. The fourth-order valence-corrected chi connectivity index (χ4v) is 8.61. The number of carbonyl (C=O) groups excluding carboxylic acids is 1. The number of likely N-dealkylation sites (tertiary alicyclic amines) is 1. The molecule has 2 aliphatic carbocycles. The van der Waals surface area contributed by atoms with E-state index in [1.54, 1.807) is 7.11 Å². The van der Waals surface area contributed by atoms with Crippen LogP contribution in [0.15, 0.2) is 18.2 Å². The lowest BCUT2D eigenvalue weighted by Crippen LogP contribution is -2.54. The molecule has 12 heteroatoms. The van der Waals surface area contributed by atoms with Gasteiger partial charge in [0.15, 0.2) is 0 Å². The van der Waals surface area contributed by atoms with E-state index in [1.807, 2.05) is 4.90 Å². The van der Waals surface area contributed by atoms with Crippen LogP contribution in [0.5, 0.6) is 0 Å². The number of alkyl halides is 6. The summed E-state index contributed by atoms with van der Waals surface area (Å²) in [6.45, 7) is 1.55. The number of rotatable bonds is 5. The number of ether oxygens (including phenoxy) is 2. The molecule has 3 heterocycles. The lowest BCUT2D eigenvalue weighted by molar-refractivity contribution is -0.145. The number of halogens is 6. The molecule has 228 valence electrons. The molecule has 0 radical (unpaired) electrons. The lowest BCUT2D eigenvalue weighted by Gasteiger charge is -2.42. The average Bonchev–Trinajstić information content (AvgIpc) is 3.70. The summed E-state index contributed by atoms with van der Waals surface area (Å²) in [6, 6.07) is 1.29. The molecule has 0 spiro atoms. The van der Waals surface area contributed by atoms with Crippen molar-refractivity contribution in [1.82, 2.24) is 9.80 Å². The minimum absolute atomic E-state index is 0.0291. The molecule has 41 heavy (non-hydrogen) atoms. The van der Waals surface area contributed by atoms with E-state index in [0.717, 1.165) is 38.5 Å². The second-order valence-corrected chi connectivity index (χ2v) is 12.6. The van der Waals surface area contributed by atoms with Crippen molar-refractivity contribution in [1.29, 1.82) is 0 Å². The number of hydrogen-bond acceptors (Lipinski definition) is 5. The van der Waals surface area contributed by atoms with Crippen LogP contribution in [-0.4, -0.2) is 86.4 Å². The molecule has 6 nitrogen and oxygen atoms in total. The summed E-state index contributed by atoms with van der Waals surface area (Å²) in [7, 11) is 3.80. The van der Waals surface area contributed by atoms with Gasteiger partial charge in [-0.1, -0.05) is 6.42 Å². The summed E-state index contributed by atoms with van der Waals surface area (Å²) >= 11 is 0. The maximum Gasteiger partial charge on any atom is 0.418 e. The van der Waals surface area contributed by atoms with Crippen molar-refractivity contribution in [2.75, 3.05) is 45.4 Å². The van der Waals surface area contributed by atoms with E-state index in [2.05, 4.69) is 11.9 Å². The van der Waals surface area contributed by atoms with Crippen LogP contribution < -0.4 is 4.90 Å². The molecule has 1 aromatic rings. The Labute approximate surface area is 235 Å². The molecule has 6 rings (SSSR count). The summed E-state index contributed by atoms with van der Waals surface area (Å²) in [5, 5.41) is 0. The van der Waals surface area contributed by atoms with E-state index < -0.39 is 40.6 Å². The Morgan fingerprint density at radius 2 is 1.85 bits per heavy atom.